The third-order valence-electron chi connectivity index (χ3n) is 7.88. The van der Waals surface area contributed by atoms with Crippen molar-refractivity contribution >= 4 is 41.5 Å². The number of amides is 5. The molecule has 1 aromatic rings. The summed E-state index contributed by atoms with van der Waals surface area (Å²) in [7, 11) is 0. The van der Waals surface area contributed by atoms with Crippen LogP contribution in [0.3, 0.4) is 0 Å². The van der Waals surface area contributed by atoms with E-state index in [9.17, 15) is 38.7 Å². The molecule has 1 aromatic carbocycles. The molecule has 0 spiro atoms. The van der Waals surface area contributed by atoms with Crippen LogP contribution in [-0.4, -0.2) is 99.4 Å². The molecule has 1 aliphatic rings. The van der Waals surface area contributed by atoms with E-state index >= 15 is 0 Å². The first kappa shape index (κ1) is 39.6. The van der Waals surface area contributed by atoms with Gasteiger partial charge in [-0.05, 0) is 56.4 Å². The summed E-state index contributed by atoms with van der Waals surface area (Å²) in [6.07, 6.45) is 0.615. The molecule has 0 saturated carbocycles. The van der Waals surface area contributed by atoms with Crippen molar-refractivity contribution in [1.29, 1.82) is 0 Å². The quantitative estimate of drug-likeness (QED) is 0.111. The summed E-state index contributed by atoms with van der Waals surface area (Å²) >= 11 is 0. The van der Waals surface area contributed by atoms with Gasteiger partial charge in [-0.25, -0.2) is 0 Å². The average molecular weight is 675 g/mol. The average Bonchev–Trinajstić information content (AvgIpc) is 3.49. The van der Waals surface area contributed by atoms with Crippen molar-refractivity contribution in [3.05, 3.63) is 35.9 Å². The van der Waals surface area contributed by atoms with Crippen LogP contribution >= 0.6 is 0 Å². The van der Waals surface area contributed by atoms with Crippen LogP contribution in [0.5, 0.6) is 0 Å². The summed E-state index contributed by atoms with van der Waals surface area (Å²) < 4.78 is 0. The van der Waals surface area contributed by atoms with Gasteiger partial charge in [0.25, 0.3) is 0 Å². The number of hydrogen-bond donors (Lipinski definition) is 7. The predicted octanol–water partition coefficient (Wildman–Crippen LogP) is 0.158. The Morgan fingerprint density at radius 3 is 1.85 bits per heavy atom. The zero-order valence-electron chi connectivity index (χ0n) is 28.2. The maximum atomic E-state index is 13.5. The third-order valence-corrected chi connectivity index (χ3v) is 7.88. The Bertz CT molecular complexity index is 1310. The van der Waals surface area contributed by atoms with Crippen molar-refractivity contribution in [3.8, 4) is 0 Å². The number of nitrogens with zero attached hydrogens (tertiary/aromatic N) is 1. The second kappa shape index (κ2) is 18.7. The number of carboxylic acid groups (broad SMARTS) is 2. The molecule has 0 unspecified atom stereocenters. The summed E-state index contributed by atoms with van der Waals surface area (Å²) in [6, 6.07) is 2.24. The number of benzene rings is 1. The van der Waals surface area contributed by atoms with Crippen molar-refractivity contribution in [2.75, 3.05) is 6.54 Å². The van der Waals surface area contributed by atoms with Crippen LogP contribution in [0.1, 0.15) is 72.3 Å². The van der Waals surface area contributed by atoms with Gasteiger partial charge in [-0.3, -0.25) is 33.6 Å². The molecule has 0 aliphatic carbocycles. The maximum absolute atomic E-state index is 13.5. The van der Waals surface area contributed by atoms with E-state index in [-0.39, 0.29) is 31.1 Å². The molecular formula is C33H50N6O9. The topological polar surface area (TPSA) is 237 Å². The molecule has 1 saturated heterocycles. The second-order valence-electron chi connectivity index (χ2n) is 13.1. The fraction of sp³-hybridized carbons (Fsp3) is 0.606. The van der Waals surface area contributed by atoms with E-state index in [1.165, 1.54) is 11.8 Å². The van der Waals surface area contributed by atoms with Gasteiger partial charge in [0, 0.05) is 6.54 Å². The predicted molar refractivity (Wildman–Crippen MR) is 175 cm³/mol. The molecule has 15 nitrogen and oxygen atoms in total. The van der Waals surface area contributed by atoms with Gasteiger partial charge in [0.2, 0.25) is 29.5 Å². The first-order valence-corrected chi connectivity index (χ1v) is 16.3. The monoisotopic (exact) mass is 674 g/mol. The number of carbonyl (C=O) groups is 7. The van der Waals surface area contributed by atoms with E-state index < -0.39 is 84.1 Å². The van der Waals surface area contributed by atoms with E-state index in [0.717, 1.165) is 5.56 Å². The van der Waals surface area contributed by atoms with Crippen molar-refractivity contribution in [1.82, 2.24) is 26.2 Å². The largest absolute Gasteiger partial charge is 0.481 e. The highest BCUT2D eigenvalue weighted by atomic mass is 16.4. The Hall–Kier alpha value is -4.53. The molecule has 2 rings (SSSR count). The Morgan fingerprint density at radius 1 is 0.792 bits per heavy atom. The molecule has 1 heterocycles. The molecule has 0 aromatic heterocycles. The number of carbonyl (C=O) groups excluding carboxylic acids is 5. The molecule has 8 N–H and O–H groups in total. The molecule has 0 radical (unpaired) electrons. The highest BCUT2D eigenvalue weighted by Crippen LogP contribution is 2.20. The van der Waals surface area contributed by atoms with Gasteiger partial charge in [-0.1, -0.05) is 58.0 Å². The molecule has 1 fully saturated rings. The van der Waals surface area contributed by atoms with Gasteiger partial charge < -0.3 is 42.1 Å². The van der Waals surface area contributed by atoms with Gasteiger partial charge in [0.15, 0.2) is 0 Å². The van der Waals surface area contributed by atoms with Crippen LogP contribution in [0.25, 0.3) is 0 Å². The SMILES string of the molecule is CC(C)C[C@H](NC(=O)[C@H](CC(=O)O)NC(=O)[C@H](CC(C)C)NC(=O)[C@@H]1CCCN1C(=O)[C@@H](N)Cc1ccccc1)C(=O)N[C@@H](C)C(=O)O. The molecule has 266 valence electrons. The maximum Gasteiger partial charge on any atom is 0.325 e. The van der Waals surface area contributed by atoms with E-state index in [2.05, 4.69) is 21.3 Å². The van der Waals surface area contributed by atoms with Gasteiger partial charge in [0.05, 0.1) is 12.5 Å². The van der Waals surface area contributed by atoms with Crippen molar-refractivity contribution < 1.29 is 43.8 Å². The Labute approximate surface area is 280 Å². The summed E-state index contributed by atoms with van der Waals surface area (Å²) in [4.78, 5) is 90.7. The Kier molecular flexibility index (Phi) is 15.5. The Balaban J connectivity index is 2.19. The molecule has 1 aliphatic heterocycles. The minimum absolute atomic E-state index is 0.106. The highest BCUT2D eigenvalue weighted by molar-refractivity contribution is 5.97. The molecule has 6 atom stereocenters. The molecule has 15 heteroatoms. The second-order valence-corrected chi connectivity index (χ2v) is 13.1. The number of carboxylic acids is 2. The van der Waals surface area contributed by atoms with Gasteiger partial charge in [-0.15, -0.1) is 0 Å². The van der Waals surface area contributed by atoms with Crippen LogP contribution in [-0.2, 0) is 40.0 Å². The summed E-state index contributed by atoms with van der Waals surface area (Å²) in [5.41, 5.74) is 7.10. The van der Waals surface area contributed by atoms with Crippen LogP contribution in [0.2, 0.25) is 0 Å². The first-order chi connectivity index (χ1) is 22.5. The van der Waals surface area contributed by atoms with Crippen LogP contribution in [0.15, 0.2) is 30.3 Å². The number of rotatable bonds is 18. The lowest BCUT2D eigenvalue weighted by Gasteiger charge is -2.29. The Morgan fingerprint density at radius 2 is 1.31 bits per heavy atom. The molecule has 48 heavy (non-hydrogen) atoms. The zero-order chi connectivity index (χ0) is 36.1. The van der Waals surface area contributed by atoms with Crippen LogP contribution in [0.4, 0.5) is 0 Å². The molecule has 0 bridgehead atoms. The van der Waals surface area contributed by atoms with Gasteiger partial charge in [-0.2, -0.15) is 0 Å². The number of nitrogens with one attached hydrogen (secondary N) is 4. The fourth-order valence-corrected chi connectivity index (χ4v) is 5.45. The van der Waals surface area contributed by atoms with E-state index in [1.54, 1.807) is 13.8 Å². The van der Waals surface area contributed by atoms with Gasteiger partial charge >= 0.3 is 11.9 Å². The minimum Gasteiger partial charge on any atom is -0.481 e. The van der Waals surface area contributed by atoms with Gasteiger partial charge in [0.1, 0.15) is 30.2 Å². The van der Waals surface area contributed by atoms with Crippen molar-refractivity contribution in [3.63, 3.8) is 0 Å². The summed E-state index contributed by atoms with van der Waals surface area (Å²) in [5.74, 6) is -6.45. The molecule has 5 amide bonds. The standard InChI is InChI=1S/C33H50N6O9/c1-18(2)14-23(28(42)35-20(5)33(47)48)36-30(44)25(17-27(40)41)37-29(43)24(15-19(3)4)38-31(45)26-12-9-13-39(26)32(46)22(34)16-21-10-7-6-8-11-21/h6-8,10-11,18-20,22-26H,9,12-17,34H2,1-5H3,(H,35,42)(H,36,44)(H,37,43)(H,38,45)(H,40,41)(H,47,48)/t20-,22-,23-,24-,25-,26-/m0/s1. The van der Waals surface area contributed by atoms with Crippen LogP contribution < -0.4 is 27.0 Å². The number of aliphatic carboxylic acids is 2. The summed E-state index contributed by atoms with van der Waals surface area (Å²) in [6.45, 7) is 8.75. The lowest BCUT2D eigenvalue weighted by molar-refractivity contribution is -0.143. The minimum atomic E-state index is -1.62. The van der Waals surface area contributed by atoms with E-state index in [1.807, 2.05) is 44.2 Å². The third kappa shape index (κ3) is 12.6. The van der Waals surface area contributed by atoms with E-state index in [0.29, 0.717) is 19.4 Å². The number of likely N-dealkylation sites (tertiary alicyclic amines) is 1. The molecular weight excluding hydrogens is 624 g/mol. The van der Waals surface area contributed by atoms with Crippen molar-refractivity contribution in [2.24, 2.45) is 17.6 Å². The smallest absolute Gasteiger partial charge is 0.325 e. The number of nitrogens with two attached hydrogens (primary N) is 1. The van der Waals surface area contributed by atoms with E-state index in [4.69, 9.17) is 10.8 Å². The van der Waals surface area contributed by atoms with Crippen molar-refractivity contribution in [2.45, 2.75) is 109 Å². The summed E-state index contributed by atoms with van der Waals surface area (Å²) in [5, 5.41) is 28.5. The lowest BCUT2D eigenvalue weighted by Crippen LogP contribution is -2.59. The normalized spacial score (nSPS) is 17.5. The number of hydrogen-bond acceptors (Lipinski definition) is 8. The first-order valence-electron chi connectivity index (χ1n) is 16.3. The fourth-order valence-electron chi connectivity index (χ4n) is 5.45. The lowest BCUT2D eigenvalue weighted by atomic mass is 10.0. The zero-order valence-corrected chi connectivity index (χ0v) is 28.2. The van der Waals surface area contributed by atoms with Crippen LogP contribution in [0, 0.1) is 11.8 Å². The highest BCUT2D eigenvalue weighted by Gasteiger charge is 2.38.